The van der Waals surface area contributed by atoms with Crippen LogP contribution in [0, 0.1) is 0 Å². The number of carbonyl (C=O) groups is 2. The van der Waals surface area contributed by atoms with E-state index < -0.39 is 17.7 Å². The first-order valence-electron chi connectivity index (χ1n) is 10.1. The van der Waals surface area contributed by atoms with Crippen molar-refractivity contribution in [2.45, 2.75) is 59.3 Å². The molecule has 2 aliphatic heterocycles. The summed E-state index contributed by atoms with van der Waals surface area (Å²) in [5, 5.41) is 3.45. The quantitative estimate of drug-likeness (QED) is 0.314. The van der Waals surface area contributed by atoms with E-state index >= 15 is 0 Å². The van der Waals surface area contributed by atoms with Gasteiger partial charge in [0.25, 0.3) is 0 Å². The van der Waals surface area contributed by atoms with Gasteiger partial charge in [-0.15, -0.1) is 8.83 Å². The van der Waals surface area contributed by atoms with Crippen molar-refractivity contribution in [1.29, 1.82) is 0 Å². The maximum atomic E-state index is 12.8. The number of benzene rings is 1. The second-order valence-electron chi connectivity index (χ2n) is 8.25. The number of hydrazine groups is 1. The molecular weight excluding hydrogens is 470 g/mol. The fourth-order valence-electron chi connectivity index (χ4n) is 3.05. The van der Waals surface area contributed by atoms with Crippen LogP contribution in [0.3, 0.4) is 0 Å². The maximum Gasteiger partial charge on any atom is 0.441 e. The van der Waals surface area contributed by atoms with Gasteiger partial charge in [0.2, 0.25) is 0 Å². The van der Waals surface area contributed by atoms with Crippen molar-refractivity contribution in [2.24, 2.45) is 0 Å². The lowest BCUT2D eigenvalue weighted by Gasteiger charge is -2.36. The Bertz CT molecular complexity index is 945. The molecule has 2 heterocycles. The Hall–Kier alpha value is -2.11. The molecule has 0 spiro atoms. The van der Waals surface area contributed by atoms with E-state index in [4.69, 9.17) is 26.4 Å². The minimum Gasteiger partial charge on any atom is -0.497 e. The third-order valence-electron chi connectivity index (χ3n) is 4.43. The summed E-state index contributed by atoms with van der Waals surface area (Å²) in [6.45, 7) is 11.0. The molecule has 0 saturated carbocycles. The van der Waals surface area contributed by atoms with E-state index in [0.717, 1.165) is 49.5 Å². The molecule has 1 fully saturated rings. The summed E-state index contributed by atoms with van der Waals surface area (Å²) in [5.74, 6) is 0.673. The van der Waals surface area contributed by atoms with Crippen LogP contribution in [0.15, 0.2) is 22.4 Å². The highest BCUT2D eigenvalue weighted by atomic mass is 32.2. The zero-order valence-electron chi connectivity index (χ0n) is 19.0. The highest BCUT2D eigenvalue weighted by Crippen LogP contribution is 2.52. The van der Waals surface area contributed by atoms with Crippen molar-refractivity contribution in [3.05, 3.63) is 28.0 Å². The van der Waals surface area contributed by atoms with Gasteiger partial charge in [-0.1, -0.05) is 12.2 Å². The van der Waals surface area contributed by atoms with E-state index in [1.54, 1.807) is 34.8 Å². The second kappa shape index (κ2) is 9.40. The van der Waals surface area contributed by atoms with Crippen LogP contribution in [-0.4, -0.2) is 50.7 Å². The molecule has 0 bridgehead atoms. The van der Waals surface area contributed by atoms with Crippen LogP contribution in [0.4, 0.5) is 15.3 Å². The van der Waals surface area contributed by atoms with Crippen molar-refractivity contribution in [3.63, 3.8) is 0 Å². The van der Waals surface area contributed by atoms with Crippen LogP contribution >= 0.6 is 36.1 Å². The number of amides is 2. The third kappa shape index (κ3) is 4.94. The van der Waals surface area contributed by atoms with Gasteiger partial charge in [0, 0.05) is 45.6 Å². The predicted octanol–water partition coefficient (Wildman–Crippen LogP) is 5.86. The third-order valence-corrected chi connectivity index (χ3v) is 7.41. The van der Waals surface area contributed by atoms with Crippen LogP contribution in [0.5, 0.6) is 5.75 Å². The van der Waals surface area contributed by atoms with Gasteiger partial charge < -0.3 is 19.5 Å². The molecule has 0 radical (unpaired) electrons. The highest BCUT2D eigenvalue weighted by molar-refractivity contribution is 8.23. The Kier molecular flexibility index (Phi) is 7.21. The SMILES string of the molecule is COc1ccc2c(c1)C(=C1SN(C(=O)OC(C)C)N(C(=O)OC(C)C)S1)C(=S)C(C)(C)N2. The van der Waals surface area contributed by atoms with E-state index in [0.29, 0.717) is 14.9 Å². The van der Waals surface area contributed by atoms with Gasteiger partial charge in [-0.2, -0.15) is 0 Å². The molecule has 3 rings (SSSR count). The zero-order valence-corrected chi connectivity index (χ0v) is 21.5. The van der Waals surface area contributed by atoms with E-state index in [1.165, 1.54) is 0 Å². The van der Waals surface area contributed by atoms with Crippen LogP contribution in [0.2, 0.25) is 0 Å². The first kappa shape index (κ1) is 24.5. The molecule has 0 atom stereocenters. The molecule has 0 aromatic heterocycles. The van der Waals surface area contributed by atoms with Gasteiger partial charge in [-0.05, 0) is 59.7 Å². The van der Waals surface area contributed by atoms with Crippen molar-refractivity contribution in [3.8, 4) is 5.75 Å². The average Bonchev–Trinajstić information content (AvgIpc) is 3.12. The normalized spacial score (nSPS) is 17.5. The van der Waals surface area contributed by atoms with Gasteiger partial charge in [0.15, 0.2) is 0 Å². The number of thiocarbonyl (C=S) groups is 1. The summed E-state index contributed by atoms with van der Waals surface area (Å²) >= 11 is 8.01. The molecule has 1 N–H and O–H groups in total. The molecule has 8 nitrogen and oxygen atoms in total. The fourth-order valence-corrected chi connectivity index (χ4v) is 5.64. The van der Waals surface area contributed by atoms with Crippen LogP contribution < -0.4 is 10.1 Å². The lowest BCUT2D eigenvalue weighted by molar-refractivity contribution is 0.0471. The first-order chi connectivity index (χ1) is 14.9. The standard InChI is InChI=1S/C21H27N3O5S3/c1-11(2)28-19(25)23-24(20(26)29-12(3)4)32-18(31-23)16-14-10-13(27-7)8-9-15(14)22-21(5,6)17(16)30/h8-12,22H,1-7H3. The van der Waals surface area contributed by atoms with Gasteiger partial charge in [-0.25, -0.2) is 9.59 Å². The molecule has 0 unspecified atom stereocenters. The highest BCUT2D eigenvalue weighted by Gasteiger charge is 2.44. The predicted molar refractivity (Wildman–Crippen MR) is 132 cm³/mol. The van der Waals surface area contributed by atoms with E-state index in [-0.39, 0.29) is 12.2 Å². The number of fused-ring (bicyclic) bond motifs is 1. The summed E-state index contributed by atoms with van der Waals surface area (Å²) in [4.78, 5) is 26.2. The molecule has 2 aliphatic rings. The summed E-state index contributed by atoms with van der Waals surface area (Å²) in [5.41, 5.74) is 1.96. The van der Waals surface area contributed by atoms with Gasteiger partial charge >= 0.3 is 12.2 Å². The smallest absolute Gasteiger partial charge is 0.441 e. The Labute approximate surface area is 202 Å². The molecule has 174 valence electrons. The van der Waals surface area contributed by atoms with Crippen LogP contribution in [-0.2, 0) is 9.47 Å². The number of hydrogen-bond donors (Lipinski definition) is 1. The lowest BCUT2D eigenvalue weighted by atomic mass is 9.85. The summed E-state index contributed by atoms with van der Waals surface area (Å²) < 4.78 is 19.1. The van der Waals surface area contributed by atoms with Crippen molar-refractivity contribution in [1.82, 2.24) is 8.83 Å². The fraction of sp³-hybridized carbons (Fsp3) is 0.476. The molecule has 1 aromatic carbocycles. The number of hydrogen-bond acceptors (Lipinski definition) is 9. The minimum atomic E-state index is -0.668. The number of methoxy groups -OCH3 is 1. The monoisotopic (exact) mass is 497 g/mol. The summed E-state index contributed by atoms with van der Waals surface area (Å²) in [6, 6.07) is 5.68. The van der Waals surface area contributed by atoms with Gasteiger partial charge in [0.05, 0.1) is 29.1 Å². The number of nitrogens with one attached hydrogen (secondary N) is 1. The van der Waals surface area contributed by atoms with E-state index in [1.807, 2.05) is 32.0 Å². The molecule has 11 heteroatoms. The van der Waals surface area contributed by atoms with Crippen LogP contribution in [0.1, 0.15) is 47.1 Å². The Morgan fingerprint density at radius 1 is 1.03 bits per heavy atom. The first-order valence-corrected chi connectivity index (χ1v) is 12.0. The molecular formula is C21H27N3O5S3. The number of ether oxygens (including phenoxy) is 3. The Morgan fingerprint density at radius 3 is 2.03 bits per heavy atom. The minimum absolute atomic E-state index is 0.350. The molecule has 2 amide bonds. The summed E-state index contributed by atoms with van der Waals surface area (Å²) in [7, 11) is 1.60. The Morgan fingerprint density at radius 2 is 1.56 bits per heavy atom. The average molecular weight is 498 g/mol. The lowest BCUT2D eigenvalue weighted by Crippen LogP contribution is -2.43. The van der Waals surface area contributed by atoms with Crippen molar-refractivity contribution < 1.29 is 23.8 Å². The van der Waals surface area contributed by atoms with Crippen molar-refractivity contribution >= 4 is 64.4 Å². The molecule has 32 heavy (non-hydrogen) atoms. The number of carbonyl (C=O) groups excluding carboxylic acids is 2. The number of nitrogens with zero attached hydrogens (tertiary/aromatic N) is 2. The molecule has 1 aromatic rings. The largest absolute Gasteiger partial charge is 0.497 e. The van der Waals surface area contributed by atoms with Crippen LogP contribution in [0.25, 0.3) is 5.57 Å². The maximum absolute atomic E-state index is 12.8. The van der Waals surface area contributed by atoms with Gasteiger partial charge in [0.1, 0.15) is 5.75 Å². The van der Waals surface area contributed by atoms with E-state index in [2.05, 4.69) is 5.32 Å². The topological polar surface area (TPSA) is 80.3 Å². The Balaban J connectivity index is 2.11. The number of anilines is 1. The molecule has 0 aliphatic carbocycles. The van der Waals surface area contributed by atoms with Crippen molar-refractivity contribution in [2.75, 3.05) is 12.4 Å². The molecule has 1 saturated heterocycles. The second-order valence-corrected chi connectivity index (χ2v) is 10.8. The van der Waals surface area contributed by atoms with Gasteiger partial charge in [-0.3, -0.25) is 0 Å². The zero-order chi connectivity index (χ0) is 23.8. The summed E-state index contributed by atoms with van der Waals surface area (Å²) in [6.07, 6.45) is -2.04. The number of rotatable bonds is 3. The van der Waals surface area contributed by atoms with E-state index in [9.17, 15) is 9.59 Å².